The molecule has 0 fully saturated rings. The Balaban J connectivity index is 2.24. The Morgan fingerprint density at radius 2 is 1.96 bits per heavy atom. The van der Waals surface area contributed by atoms with Crippen LogP contribution in [0.1, 0.15) is 11.1 Å². The fourth-order valence-corrected chi connectivity index (χ4v) is 2.25. The number of rotatable bonds is 1. The topological polar surface area (TPSA) is 78.9 Å². The number of aromatic nitrogens is 3. The molecule has 0 radical (unpaired) electrons. The highest BCUT2D eigenvalue weighted by Crippen LogP contribution is 2.30. The summed E-state index contributed by atoms with van der Waals surface area (Å²) in [7, 11) is 0. The average molecular weight is 321 g/mol. The normalized spacial score (nSPS) is 11.8. The van der Waals surface area contributed by atoms with Crippen LogP contribution in [-0.4, -0.2) is 20.1 Å². The van der Waals surface area contributed by atoms with E-state index in [0.717, 1.165) is 18.3 Å². The highest BCUT2D eigenvalue weighted by Gasteiger charge is 2.31. The number of phenolic OH excluding ortho intramolecular Hbond substituents is 1. The van der Waals surface area contributed by atoms with Crippen molar-refractivity contribution < 1.29 is 18.3 Å². The highest BCUT2D eigenvalue weighted by atomic mass is 19.4. The number of halogens is 3. The van der Waals surface area contributed by atoms with Crippen LogP contribution in [0.15, 0.2) is 35.3 Å². The van der Waals surface area contributed by atoms with Crippen LogP contribution < -0.4 is 5.56 Å². The zero-order valence-corrected chi connectivity index (χ0v) is 11.8. The van der Waals surface area contributed by atoms with Crippen molar-refractivity contribution in [3.8, 4) is 17.3 Å². The van der Waals surface area contributed by atoms with Crippen molar-refractivity contribution in [3.63, 3.8) is 0 Å². The largest absolute Gasteiger partial charge is 0.508 e. The molecule has 2 N–H and O–H groups in total. The van der Waals surface area contributed by atoms with Gasteiger partial charge in [-0.2, -0.15) is 13.2 Å². The molecule has 0 spiro atoms. The maximum Gasteiger partial charge on any atom is 0.416 e. The zero-order chi connectivity index (χ0) is 16.8. The Labute approximate surface area is 127 Å². The minimum absolute atomic E-state index is 0.0672. The number of alkyl halides is 3. The maximum atomic E-state index is 12.8. The summed E-state index contributed by atoms with van der Waals surface area (Å²) in [5.74, 6) is -0.158. The number of aryl methyl sites for hydroxylation is 1. The van der Waals surface area contributed by atoms with E-state index in [9.17, 15) is 23.1 Å². The van der Waals surface area contributed by atoms with Gasteiger partial charge in [0.25, 0.3) is 5.56 Å². The minimum atomic E-state index is -4.52. The lowest BCUT2D eigenvalue weighted by atomic mass is 10.1. The Kier molecular flexibility index (Phi) is 3.32. The van der Waals surface area contributed by atoms with Crippen LogP contribution in [0.3, 0.4) is 0 Å². The summed E-state index contributed by atoms with van der Waals surface area (Å²) in [5, 5.41) is 9.68. The summed E-state index contributed by atoms with van der Waals surface area (Å²) in [4.78, 5) is 22.5. The van der Waals surface area contributed by atoms with E-state index in [0.29, 0.717) is 11.1 Å². The fourth-order valence-electron chi connectivity index (χ4n) is 2.25. The number of aromatic hydroxyl groups is 1. The average Bonchev–Trinajstić information content (AvgIpc) is 2.47. The van der Waals surface area contributed by atoms with Crippen LogP contribution in [0.5, 0.6) is 5.75 Å². The SMILES string of the molecule is Cc1cc(O)cc2c(=O)[nH]c(-c3cc(C(F)(F)F)ccn3)nc12. The first-order chi connectivity index (χ1) is 10.8. The molecule has 2 aromatic heterocycles. The summed E-state index contributed by atoms with van der Waals surface area (Å²) in [6.07, 6.45) is -3.51. The first-order valence-corrected chi connectivity index (χ1v) is 6.53. The summed E-state index contributed by atoms with van der Waals surface area (Å²) >= 11 is 0. The van der Waals surface area contributed by atoms with Crippen molar-refractivity contribution in [1.82, 2.24) is 15.0 Å². The van der Waals surface area contributed by atoms with E-state index in [-0.39, 0.29) is 22.7 Å². The van der Waals surface area contributed by atoms with Crippen LogP contribution in [0.25, 0.3) is 22.4 Å². The van der Waals surface area contributed by atoms with Crippen LogP contribution in [0, 0.1) is 6.92 Å². The van der Waals surface area contributed by atoms with E-state index in [4.69, 9.17) is 0 Å². The number of nitrogens with zero attached hydrogens (tertiary/aromatic N) is 2. The van der Waals surface area contributed by atoms with Crippen molar-refractivity contribution in [3.05, 3.63) is 51.9 Å². The van der Waals surface area contributed by atoms with Crippen molar-refractivity contribution >= 4 is 10.9 Å². The monoisotopic (exact) mass is 321 g/mol. The Morgan fingerprint density at radius 1 is 1.22 bits per heavy atom. The highest BCUT2D eigenvalue weighted by molar-refractivity contribution is 5.83. The van der Waals surface area contributed by atoms with Gasteiger partial charge in [-0.3, -0.25) is 9.78 Å². The number of benzene rings is 1. The Morgan fingerprint density at radius 3 is 2.65 bits per heavy atom. The molecule has 0 aliphatic carbocycles. The molecule has 0 amide bonds. The van der Waals surface area contributed by atoms with Gasteiger partial charge in [0.1, 0.15) is 11.4 Å². The molecule has 0 aliphatic rings. The third kappa shape index (κ3) is 2.75. The van der Waals surface area contributed by atoms with E-state index >= 15 is 0 Å². The fraction of sp³-hybridized carbons (Fsp3) is 0.133. The van der Waals surface area contributed by atoms with E-state index in [2.05, 4.69) is 15.0 Å². The standard InChI is InChI=1S/C15H10F3N3O2/c1-7-4-9(22)6-10-12(7)20-13(21-14(10)23)11-5-8(2-3-19-11)15(16,17)18/h2-6,22H,1H3,(H,20,21,23). The van der Waals surface area contributed by atoms with Gasteiger partial charge >= 0.3 is 6.18 Å². The Bertz CT molecular complexity index is 964. The number of H-pyrrole nitrogens is 1. The van der Waals surface area contributed by atoms with Gasteiger partial charge < -0.3 is 10.1 Å². The summed E-state index contributed by atoms with van der Waals surface area (Å²) < 4.78 is 38.3. The molecule has 2 heterocycles. The number of fused-ring (bicyclic) bond motifs is 1. The second-order valence-corrected chi connectivity index (χ2v) is 5.00. The molecular formula is C15H10F3N3O2. The first kappa shape index (κ1) is 15.0. The molecule has 118 valence electrons. The molecule has 0 saturated carbocycles. The van der Waals surface area contributed by atoms with Crippen molar-refractivity contribution in [2.24, 2.45) is 0 Å². The molecule has 1 aromatic carbocycles. The second kappa shape index (κ2) is 5.08. The van der Waals surface area contributed by atoms with Crippen molar-refractivity contribution in [2.75, 3.05) is 0 Å². The lowest BCUT2D eigenvalue weighted by Crippen LogP contribution is -2.11. The number of hydrogen-bond acceptors (Lipinski definition) is 4. The van der Waals surface area contributed by atoms with Crippen LogP contribution >= 0.6 is 0 Å². The van der Waals surface area contributed by atoms with Gasteiger partial charge in [-0.1, -0.05) is 0 Å². The molecule has 0 saturated heterocycles. The Hall–Kier alpha value is -2.90. The first-order valence-electron chi connectivity index (χ1n) is 6.53. The lowest BCUT2D eigenvalue weighted by Gasteiger charge is -2.09. The van der Waals surface area contributed by atoms with Gasteiger partial charge in [-0.25, -0.2) is 4.98 Å². The van der Waals surface area contributed by atoms with Gasteiger partial charge in [-0.15, -0.1) is 0 Å². The minimum Gasteiger partial charge on any atom is -0.508 e. The predicted molar refractivity (Wildman–Crippen MR) is 77.0 cm³/mol. The van der Waals surface area contributed by atoms with Gasteiger partial charge in [0.2, 0.25) is 0 Å². The summed E-state index contributed by atoms with van der Waals surface area (Å²) in [6, 6.07) is 4.32. The maximum absolute atomic E-state index is 12.8. The van der Waals surface area contributed by atoms with Gasteiger partial charge in [0.05, 0.1) is 16.5 Å². The number of pyridine rings is 1. The van der Waals surface area contributed by atoms with Gasteiger partial charge in [0, 0.05) is 6.20 Å². The summed E-state index contributed by atoms with van der Waals surface area (Å²) in [5.41, 5.74) is -0.720. The molecule has 3 aromatic rings. The molecule has 0 unspecified atom stereocenters. The quantitative estimate of drug-likeness (QED) is 0.722. The number of aromatic amines is 1. The number of nitrogens with one attached hydrogen (secondary N) is 1. The lowest BCUT2D eigenvalue weighted by molar-refractivity contribution is -0.137. The second-order valence-electron chi connectivity index (χ2n) is 5.00. The van der Waals surface area contributed by atoms with E-state index in [1.807, 2.05) is 0 Å². The van der Waals surface area contributed by atoms with Gasteiger partial charge in [0.15, 0.2) is 5.82 Å². The van der Waals surface area contributed by atoms with Crippen molar-refractivity contribution in [1.29, 1.82) is 0 Å². The van der Waals surface area contributed by atoms with Crippen LogP contribution in [-0.2, 0) is 6.18 Å². The molecule has 5 nitrogen and oxygen atoms in total. The molecule has 8 heteroatoms. The predicted octanol–water partition coefficient (Wildman–Crippen LogP) is 3.02. The molecule has 3 rings (SSSR count). The van der Waals surface area contributed by atoms with E-state index < -0.39 is 17.3 Å². The van der Waals surface area contributed by atoms with Crippen LogP contribution in [0.2, 0.25) is 0 Å². The zero-order valence-electron chi connectivity index (χ0n) is 11.8. The molecular weight excluding hydrogens is 311 g/mol. The van der Waals surface area contributed by atoms with Crippen molar-refractivity contribution in [2.45, 2.75) is 13.1 Å². The molecule has 0 atom stereocenters. The third-order valence-corrected chi connectivity index (χ3v) is 3.32. The molecule has 23 heavy (non-hydrogen) atoms. The van der Waals surface area contributed by atoms with Crippen LogP contribution in [0.4, 0.5) is 13.2 Å². The molecule has 0 bridgehead atoms. The third-order valence-electron chi connectivity index (χ3n) is 3.32. The molecule has 0 aliphatic heterocycles. The smallest absolute Gasteiger partial charge is 0.416 e. The summed E-state index contributed by atoms with van der Waals surface area (Å²) in [6.45, 7) is 1.64. The van der Waals surface area contributed by atoms with Gasteiger partial charge in [-0.05, 0) is 36.8 Å². The number of phenols is 1. The van der Waals surface area contributed by atoms with E-state index in [1.165, 1.54) is 12.1 Å². The number of hydrogen-bond donors (Lipinski definition) is 2. The van der Waals surface area contributed by atoms with E-state index in [1.54, 1.807) is 6.92 Å².